The third-order valence-electron chi connectivity index (χ3n) is 2.83. The Kier molecular flexibility index (Phi) is 8.24. The van der Waals surface area contributed by atoms with Crippen molar-refractivity contribution < 1.29 is 19.0 Å². The van der Waals surface area contributed by atoms with E-state index < -0.39 is 0 Å². The Bertz CT molecular complexity index is 508. The van der Waals surface area contributed by atoms with E-state index >= 15 is 0 Å². The van der Waals surface area contributed by atoms with Crippen LogP contribution in [0.2, 0.25) is 0 Å². The quantitative estimate of drug-likeness (QED) is 0.560. The molecule has 0 fully saturated rings. The van der Waals surface area contributed by atoms with Crippen molar-refractivity contribution in [3.63, 3.8) is 0 Å². The van der Waals surface area contributed by atoms with Gasteiger partial charge in [0.15, 0.2) is 16.6 Å². The average molecular weight is 326 g/mol. The van der Waals surface area contributed by atoms with Crippen LogP contribution in [0.25, 0.3) is 0 Å². The Morgan fingerprint density at radius 3 is 2.59 bits per heavy atom. The van der Waals surface area contributed by atoms with E-state index in [0.717, 1.165) is 6.42 Å². The summed E-state index contributed by atoms with van der Waals surface area (Å²) in [5.41, 5.74) is 0.441. The highest BCUT2D eigenvalue weighted by molar-refractivity contribution is 7.80. The predicted molar refractivity (Wildman–Crippen MR) is 88.7 cm³/mol. The molecule has 0 aromatic heterocycles. The molecule has 0 spiro atoms. The van der Waals surface area contributed by atoms with E-state index in [1.807, 2.05) is 6.92 Å². The van der Waals surface area contributed by atoms with Gasteiger partial charge in [0.05, 0.1) is 14.2 Å². The molecule has 22 heavy (non-hydrogen) atoms. The lowest BCUT2D eigenvalue weighted by molar-refractivity contribution is 0.0976. The second-order valence-corrected chi connectivity index (χ2v) is 4.74. The number of ether oxygens (including phenoxy) is 3. The molecule has 0 aliphatic rings. The van der Waals surface area contributed by atoms with Crippen molar-refractivity contribution in [2.75, 3.05) is 34.0 Å². The van der Waals surface area contributed by atoms with Crippen molar-refractivity contribution in [3.8, 4) is 11.5 Å². The maximum Gasteiger partial charge on any atom is 0.257 e. The van der Waals surface area contributed by atoms with Crippen molar-refractivity contribution in [1.29, 1.82) is 0 Å². The van der Waals surface area contributed by atoms with Gasteiger partial charge in [0.2, 0.25) is 0 Å². The highest BCUT2D eigenvalue weighted by Gasteiger charge is 2.11. The number of methoxy groups -OCH3 is 2. The van der Waals surface area contributed by atoms with Crippen LogP contribution in [-0.2, 0) is 4.74 Å². The Labute approximate surface area is 136 Å². The van der Waals surface area contributed by atoms with Crippen molar-refractivity contribution in [2.24, 2.45) is 0 Å². The van der Waals surface area contributed by atoms with Crippen LogP contribution in [0.1, 0.15) is 23.7 Å². The van der Waals surface area contributed by atoms with Crippen LogP contribution < -0.4 is 20.1 Å². The van der Waals surface area contributed by atoms with Crippen LogP contribution >= 0.6 is 12.2 Å². The molecule has 0 aliphatic heterocycles. The summed E-state index contributed by atoms with van der Waals surface area (Å²) < 4.78 is 15.5. The average Bonchev–Trinajstić information content (AvgIpc) is 2.53. The largest absolute Gasteiger partial charge is 0.493 e. The first kappa shape index (κ1) is 18.2. The summed E-state index contributed by atoms with van der Waals surface area (Å²) in [4.78, 5) is 12.1. The van der Waals surface area contributed by atoms with Crippen LogP contribution in [0.15, 0.2) is 18.2 Å². The van der Waals surface area contributed by atoms with Crippen LogP contribution in [0, 0.1) is 0 Å². The normalized spacial score (nSPS) is 9.95. The number of carbonyl (C=O) groups is 1. The van der Waals surface area contributed by atoms with Gasteiger partial charge in [-0.05, 0) is 43.8 Å². The standard InChI is InChI=1S/C15H22N2O4S/c1-4-21-9-5-8-16-15(22)17-14(18)11-6-7-12(19-2)13(10-11)20-3/h6-7,10H,4-5,8-9H2,1-3H3,(H2,16,17,18,22). The zero-order valence-corrected chi connectivity index (χ0v) is 13.9. The maximum absolute atomic E-state index is 12.1. The number of carbonyl (C=O) groups excluding carboxylic acids is 1. The molecule has 1 amide bonds. The van der Waals surface area contributed by atoms with Gasteiger partial charge >= 0.3 is 0 Å². The fourth-order valence-electron chi connectivity index (χ4n) is 1.72. The summed E-state index contributed by atoms with van der Waals surface area (Å²) in [5.74, 6) is 0.754. The van der Waals surface area contributed by atoms with E-state index in [1.165, 1.54) is 7.11 Å². The Hall–Kier alpha value is -1.86. The number of hydrogen-bond acceptors (Lipinski definition) is 5. The molecule has 1 aromatic carbocycles. The van der Waals surface area contributed by atoms with Gasteiger partial charge in [-0.15, -0.1) is 0 Å². The van der Waals surface area contributed by atoms with Crippen molar-refractivity contribution >= 4 is 23.2 Å². The zero-order valence-electron chi connectivity index (χ0n) is 13.1. The molecule has 6 nitrogen and oxygen atoms in total. The van der Waals surface area contributed by atoms with Crippen molar-refractivity contribution in [2.45, 2.75) is 13.3 Å². The molecule has 0 saturated carbocycles. The molecule has 0 saturated heterocycles. The molecule has 2 N–H and O–H groups in total. The molecule has 1 rings (SSSR count). The Balaban J connectivity index is 2.49. The summed E-state index contributed by atoms with van der Waals surface area (Å²) in [5, 5.41) is 5.87. The minimum absolute atomic E-state index is 0.288. The lowest BCUT2D eigenvalue weighted by atomic mass is 10.2. The third kappa shape index (κ3) is 5.87. The first-order valence-electron chi connectivity index (χ1n) is 7.01. The topological polar surface area (TPSA) is 68.8 Å². The van der Waals surface area contributed by atoms with Crippen LogP contribution in [0.3, 0.4) is 0 Å². The molecule has 0 unspecified atom stereocenters. The van der Waals surface area contributed by atoms with Crippen LogP contribution in [-0.4, -0.2) is 45.0 Å². The summed E-state index contributed by atoms with van der Waals surface area (Å²) >= 11 is 5.08. The number of nitrogens with one attached hydrogen (secondary N) is 2. The van der Waals surface area contributed by atoms with E-state index in [0.29, 0.717) is 36.8 Å². The molecule has 0 heterocycles. The van der Waals surface area contributed by atoms with Gasteiger partial charge in [0, 0.05) is 25.3 Å². The molecular formula is C15H22N2O4S. The van der Waals surface area contributed by atoms with Gasteiger partial charge in [0.1, 0.15) is 0 Å². The molecule has 7 heteroatoms. The number of amides is 1. The fraction of sp³-hybridized carbons (Fsp3) is 0.467. The lowest BCUT2D eigenvalue weighted by Gasteiger charge is -2.11. The molecule has 0 atom stereocenters. The van der Waals surface area contributed by atoms with Gasteiger partial charge in [-0.3, -0.25) is 10.1 Å². The summed E-state index contributed by atoms with van der Waals surface area (Å²) in [7, 11) is 3.06. The monoisotopic (exact) mass is 326 g/mol. The van der Waals surface area contributed by atoms with Gasteiger partial charge in [-0.25, -0.2) is 0 Å². The second-order valence-electron chi connectivity index (χ2n) is 4.33. The van der Waals surface area contributed by atoms with E-state index in [4.69, 9.17) is 26.4 Å². The molecule has 0 bridgehead atoms. The van der Waals surface area contributed by atoms with Crippen LogP contribution in [0.5, 0.6) is 11.5 Å². The number of benzene rings is 1. The zero-order chi connectivity index (χ0) is 16.4. The van der Waals surface area contributed by atoms with E-state index in [2.05, 4.69) is 10.6 Å². The Morgan fingerprint density at radius 2 is 1.95 bits per heavy atom. The molecule has 122 valence electrons. The van der Waals surface area contributed by atoms with Gasteiger partial charge in [0.25, 0.3) is 5.91 Å². The van der Waals surface area contributed by atoms with E-state index in [9.17, 15) is 4.79 Å². The maximum atomic E-state index is 12.1. The smallest absolute Gasteiger partial charge is 0.257 e. The number of thiocarbonyl (C=S) groups is 1. The first-order valence-corrected chi connectivity index (χ1v) is 7.42. The number of hydrogen-bond donors (Lipinski definition) is 2. The third-order valence-corrected chi connectivity index (χ3v) is 3.07. The summed E-state index contributed by atoms with van der Waals surface area (Å²) in [6, 6.07) is 4.92. The van der Waals surface area contributed by atoms with E-state index in [1.54, 1.807) is 25.3 Å². The first-order chi connectivity index (χ1) is 10.6. The van der Waals surface area contributed by atoms with E-state index in [-0.39, 0.29) is 11.0 Å². The highest BCUT2D eigenvalue weighted by atomic mass is 32.1. The van der Waals surface area contributed by atoms with Gasteiger partial charge in [-0.1, -0.05) is 0 Å². The second kappa shape index (κ2) is 9.97. The van der Waals surface area contributed by atoms with Crippen LogP contribution in [0.4, 0.5) is 0 Å². The summed E-state index contributed by atoms with van der Waals surface area (Å²) in [6.45, 7) is 3.95. The predicted octanol–water partition coefficient (Wildman–Crippen LogP) is 1.73. The van der Waals surface area contributed by atoms with Crippen molar-refractivity contribution in [3.05, 3.63) is 23.8 Å². The minimum Gasteiger partial charge on any atom is -0.493 e. The lowest BCUT2D eigenvalue weighted by Crippen LogP contribution is -2.39. The summed E-state index contributed by atoms with van der Waals surface area (Å²) in [6.07, 6.45) is 0.820. The molecule has 0 aliphatic carbocycles. The number of rotatable bonds is 8. The van der Waals surface area contributed by atoms with Gasteiger partial charge in [-0.2, -0.15) is 0 Å². The molecule has 1 aromatic rings. The molecular weight excluding hydrogens is 304 g/mol. The minimum atomic E-state index is -0.303. The Morgan fingerprint density at radius 1 is 1.23 bits per heavy atom. The van der Waals surface area contributed by atoms with Gasteiger partial charge < -0.3 is 19.5 Å². The van der Waals surface area contributed by atoms with Crippen molar-refractivity contribution in [1.82, 2.24) is 10.6 Å². The molecule has 0 radical (unpaired) electrons. The SMILES string of the molecule is CCOCCCNC(=S)NC(=O)c1ccc(OC)c(OC)c1. The fourth-order valence-corrected chi connectivity index (χ4v) is 1.91. The highest BCUT2D eigenvalue weighted by Crippen LogP contribution is 2.27.